The molecule has 1 aliphatic rings. The molecular formula is C19H20. The molecule has 0 aliphatic heterocycles. The third-order valence-electron chi connectivity index (χ3n) is 4.13. The molecule has 2 aromatic carbocycles. The Hall–Kier alpha value is -1.82. The largest absolute Gasteiger partial charge is 0.0622 e. The van der Waals surface area contributed by atoms with Crippen LogP contribution in [0.3, 0.4) is 0 Å². The Morgan fingerprint density at radius 3 is 2.32 bits per heavy atom. The van der Waals surface area contributed by atoms with Crippen LogP contribution < -0.4 is 0 Å². The smallest absolute Gasteiger partial charge is 0.00107 e. The predicted molar refractivity (Wildman–Crippen MR) is 83.1 cm³/mol. The number of rotatable bonds is 3. The standard InChI is InChI=1S/C19H20/c1-3-14-11-8-12-16-13-18(17(4-2)19(14)16)15-9-6-5-7-10-15/h5-12H,3-4,13H2,1-2H3. The first-order chi connectivity index (χ1) is 9.35. The molecular weight excluding hydrogens is 228 g/mol. The van der Waals surface area contributed by atoms with Crippen molar-refractivity contribution in [1.82, 2.24) is 0 Å². The van der Waals surface area contributed by atoms with E-state index in [0.717, 1.165) is 19.3 Å². The van der Waals surface area contributed by atoms with E-state index in [0.29, 0.717) is 0 Å². The summed E-state index contributed by atoms with van der Waals surface area (Å²) in [6.07, 6.45) is 3.33. The minimum atomic E-state index is 1.09. The van der Waals surface area contributed by atoms with Crippen molar-refractivity contribution in [3.63, 3.8) is 0 Å². The number of hydrogen-bond donors (Lipinski definition) is 0. The highest BCUT2D eigenvalue weighted by Gasteiger charge is 2.22. The molecule has 2 aromatic rings. The van der Waals surface area contributed by atoms with Gasteiger partial charge in [-0.2, -0.15) is 0 Å². The fourth-order valence-corrected chi connectivity index (χ4v) is 3.24. The van der Waals surface area contributed by atoms with Crippen LogP contribution in [0, 0.1) is 0 Å². The molecule has 0 saturated heterocycles. The molecule has 96 valence electrons. The lowest BCUT2D eigenvalue weighted by Crippen LogP contribution is -1.92. The fraction of sp³-hybridized carbons (Fsp3) is 0.263. The van der Waals surface area contributed by atoms with Crippen LogP contribution in [0.1, 0.15) is 42.5 Å². The van der Waals surface area contributed by atoms with Gasteiger partial charge in [0.2, 0.25) is 0 Å². The lowest BCUT2D eigenvalue weighted by Gasteiger charge is -2.10. The summed E-state index contributed by atoms with van der Waals surface area (Å²) in [6, 6.07) is 17.6. The van der Waals surface area contributed by atoms with Gasteiger partial charge in [-0.15, -0.1) is 0 Å². The summed E-state index contributed by atoms with van der Waals surface area (Å²) >= 11 is 0. The second-order valence-corrected chi connectivity index (χ2v) is 5.16. The van der Waals surface area contributed by atoms with Gasteiger partial charge in [0.15, 0.2) is 0 Å². The number of fused-ring (bicyclic) bond motifs is 1. The molecule has 0 atom stereocenters. The van der Waals surface area contributed by atoms with Crippen LogP contribution in [0.15, 0.2) is 48.5 Å². The third-order valence-corrected chi connectivity index (χ3v) is 4.13. The molecule has 0 radical (unpaired) electrons. The molecule has 0 amide bonds. The minimum absolute atomic E-state index is 1.09. The molecule has 0 fully saturated rings. The van der Waals surface area contributed by atoms with Crippen LogP contribution >= 0.6 is 0 Å². The number of hydrogen-bond acceptors (Lipinski definition) is 0. The maximum atomic E-state index is 2.29. The Kier molecular flexibility index (Phi) is 3.25. The second-order valence-electron chi connectivity index (χ2n) is 5.16. The zero-order valence-corrected chi connectivity index (χ0v) is 11.7. The average molecular weight is 248 g/mol. The van der Waals surface area contributed by atoms with Crippen molar-refractivity contribution in [3.8, 4) is 0 Å². The van der Waals surface area contributed by atoms with Gasteiger partial charge in [-0.05, 0) is 52.7 Å². The van der Waals surface area contributed by atoms with Gasteiger partial charge in [0.1, 0.15) is 0 Å². The van der Waals surface area contributed by atoms with Crippen molar-refractivity contribution >= 4 is 11.1 Å². The Morgan fingerprint density at radius 1 is 0.842 bits per heavy atom. The molecule has 19 heavy (non-hydrogen) atoms. The summed E-state index contributed by atoms with van der Waals surface area (Å²) < 4.78 is 0. The second kappa shape index (κ2) is 5.05. The molecule has 0 saturated carbocycles. The van der Waals surface area contributed by atoms with Crippen LogP contribution in [-0.2, 0) is 12.8 Å². The first-order valence-electron chi connectivity index (χ1n) is 7.23. The summed E-state index contributed by atoms with van der Waals surface area (Å²) in [6.45, 7) is 4.53. The molecule has 0 aromatic heterocycles. The Bertz CT molecular complexity index is 618. The maximum absolute atomic E-state index is 2.29. The lowest BCUT2D eigenvalue weighted by molar-refractivity contribution is 1.11. The highest BCUT2D eigenvalue weighted by molar-refractivity contribution is 5.97. The molecule has 0 nitrogen and oxygen atoms in total. The van der Waals surface area contributed by atoms with Crippen molar-refractivity contribution in [1.29, 1.82) is 0 Å². The summed E-state index contributed by atoms with van der Waals surface area (Å²) in [7, 11) is 0. The van der Waals surface area contributed by atoms with Gasteiger partial charge in [0.25, 0.3) is 0 Å². The summed E-state index contributed by atoms with van der Waals surface area (Å²) in [5.41, 5.74) is 9.01. The van der Waals surface area contributed by atoms with Gasteiger partial charge in [-0.1, -0.05) is 62.4 Å². The van der Waals surface area contributed by atoms with Crippen molar-refractivity contribution < 1.29 is 0 Å². The quantitative estimate of drug-likeness (QED) is 0.706. The fourth-order valence-electron chi connectivity index (χ4n) is 3.24. The van der Waals surface area contributed by atoms with E-state index >= 15 is 0 Å². The SMILES string of the molecule is CCC1=C(c2ccccc2)Cc2cccc(CC)c21. The van der Waals surface area contributed by atoms with Gasteiger partial charge in [0, 0.05) is 0 Å². The Morgan fingerprint density at radius 2 is 1.63 bits per heavy atom. The molecule has 3 rings (SSSR count). The first-order valence-corrected chi connectivity index (χ1v) is 7.23. The third kappa shape index (κ3) is 2.02. The predicted octanol–water partition coefficient (Wildman–Crippen LogP) is 5.13. The van der Waals surface area contributed by atoms with Crippen LogP contribution in [0.4, 0.5) is 0 Å². The molecule has 0 heterocycles. The average Bonchev–Trinajstić information content (AvgIpc) is 2.86. The van der Waals surface area contributed by atoms with E-state index in [-0.39, 0.29) is 0 Å². The van der Waals surface area contributed by atoms with Crippen LogP contribution in [0.25, 0.3) is 11.1 Å². The normalized spacial score (nSPS) is 13.8. The van der Waals surface area contributed by atoms with E-state index in [9.17, 15) is 0 Å². The zero-order valence-electron chi connectivity index (χ0n) is 11.7. The molecule has 0 spiro atoms. The lowest BCUT2D eigenvalue weighted by atomic mass is 9.95. The molecule has 0 bridgehead atoms. The van der Waals surface area contributed by atoms with E-state index < -0.39 is 0 Å². The minimum Gasteiger partial charge on any atom is -0.0622 e. The van der Waals surface area contributed by atoms with E-state index in [2.05, 4.69) is 62.4 Å². The molecule has 0 heteroatoms. The zero-order chi connectivity index (χ0) is 13.2. The van der Waals surface area contributed by atoms with Crippen molar-refractivity contribution in [2.75, 3.05) is 0 Å². The van der Waals surface area contributed by atoms with Gasteiger partial charge >= 0.3 is 0 Å². The van der Waals surface area contributed by atoms with Crippen LogP contribution in [-0.4, -0.2) is 0 Å². The van der Waals surface area contributed by atoms with E-state index in [4.69, 9.17) is 0 Å². The molecule has 1 aliphatic carbocycles. The summed E-state index contributed by atoms with van der Waals surface area (Å²) in [4.78, 5) is 0. The molecule has 0 unspecified atom stereocenters. The van der Waals surface area contributed by atoms with Gasteiger partial charge in [0.05, 0.1) is 0 Å². The van der Waals surface area contributed by atoms with E-state index in [1.165, 1.54) is 27.8 Å². The number of benzene rings is 2. The van der Waals surface area contributed by atoms with Gasteiger partial charge in [-0.3, -0.25) is 0 Å². The number of allylic oxidation sites excluding steroid dienone is 2. The Balaban J connectivity index is 2.17. The van der Waals surface area contributed by atoms with Gasteiger partial charge < -0.3 is 0 Å². The monoisotopic (exact) mass is 248 g/mol. The van der Waals surface area contributed by atoms with Crippen molar-refractivity contribution in [2.45, 2.75) is 33.1 Å². The highest BCUT2D eigenvalue weighted by atomic mass is 14.3. The van der Waals surface area contributed by atoms with Crippen LogP contribution in [0.2, 0.25) is 0 Å². The number of aryl methyl sites for hydroxylation is 1. The van der Waals surface area contributed by atoms with Gasteiger partial charge in [-0.25, -0.2) is 0 Å². The summed E-state index contributed by atoms with van der Waals surface area (Å²) in [5.74, 6) is 0. The highest BCUT2D eigenvalue weighted by Crippen LogP contribution is 2.41. The van der Waals surface area contributed by atoms with E-state index in [1.807, 2.05) is 0 Å². The molecule has 0 N–H and O–H groups in total. The van der Waals surface area contributed by atoms with Crippen molar-refractivity contribution in [3.05, 3.63) is 70.8 Å². The van der Waals surface area contributed by atoms with Crippen LogP contribution in [0.5, 0.6) is 0 Å². The topological polar surface area (TPSA) is 0 Å². The first kappa shape index (κ1) is 12.2. The van der Waals surface area contributed by atoms with Crippen molar-refractivity contribution in [2.24, 2.45) is 0 Å². The maximum Gasteiger partial charge on any atom is -0.00107 e. The Labute approximate surface area is 115 Å². The van der Waals surface area contributed by atoms with E-state index in [1.54, 1.807) is 5.57 Å². The summed E-state index contributed by atoms with van der Waals surface area (Å²) in [5, 5.41) is 0.